The maximum Gasteiger partial charge on any atom is 0.268 e. The molecule has 0 saturated heterocycles. The Labute approximate surface area is 67.2 Å². The zero-order chi connectivity index (χ0) is 9.30. The maximum atomic E-state index is 12.8. The van der Waals surface area contributed by atoms with Crippen molar-refractivity contribution in [3.05, 3.63) is 23.1 Å². The molecule has 1 rings (SSSR count). The number of halogens is 3. The number of nitrogen functional groups attached to an aromatic ring is 1. The quantitative estimate of drug-likeness (QED) is 0.711. The van der Waals surface area contributed by atoms with Crippen molar-refractivity contribution in [2.45, 2.75) is 13.3 Å². The molecule has 0 aliphatic carbocycles. The van der Waals surface area contributed by atoms with Gasteiger partial charge in [0.15, 0.2) is 0 Å². The van der Waals surface area contributed by atoms with Crippen LogP contribution in [0.1, 0.15) is 17.7 Å². The van der Waals surface area contributed by atoms with E-state index in [-0.39, 0.29) is 11.5 Å². The summed E-state index contributed by atoms with van der Waals surface area (Å²) < 4.78 is 37.0. The van der Waals surface area contributed by atoms with Gasteiger partial charge in [0, 0.05) is 6.07 Å². The number of alkyl halides is 2. The number of aryl methyl sites for hydroxylation is 1. The van der Waals surface area contributed by atoms with E-state index in [1.807, 2.05) is 0 Å². The second kappa shape index (κ2) is 3.00. The monoisotopic (exact) mass is 176 g/mol. The van der Waals surface area contributed by atoms with Crippen molar-refractivity contribution in [2.75, 3.05) is 5.73 Å². The summed E-state index contributed by atoms with van der Waals surface area (Å²) in [5, 5.41) is 0. The number of nitrogens with zero attached hydrogens (tertiary/aromatic N) is 1. The molecule has 0 radical (unpaired) electrons. The zero-order valence-electron chi connectivity index (χ0n) is 6.31. The predicted octanol–water partition coefficient (Wildman–Crippen LogP) is 2.05. The number of nitrogens with two attached hydrogens (primary N) is 1. The zero-order valence-corrected chi connectivity index (χ0v) is 6.31. The second-order valence-corrected chi connectivity index (χ2v) is 2.33. The first-order chi connectivity index (χ1) is 5.52. The van der Waals surface area contributed by atoms with Gasteiger partial charge in [-0.3, -0.25) is 0 Å². The topological polar surface area (TPSA) is 38.9 Å². The largest absolute Gasteiger partial charge is 0.384 e. The smallest absolute Gasteiger partial charge is 0.268 e. The van der Waals surface area contributed by atoms with Crippen LogP contribution in [0.3, 0.4) is 0 Å². The van der Waals surface area contributed by atoms with Gasteiger partial charge in [-0.05, 0) is 6.92 Å². The number of anilines is 1. The van der Waals surface area contributed by atoms with E-state index in [9.17, 15) is 13.2 Å². The number of pyridine rings is 1. The Hall–Kier alpha value is -1.26. The number of aromatic nitrogens is 1. The Kier molecular flexibility index (Phi) is 2.21. The molecule has 0 atom stereocenters. The fourth-order valence-corrected chi connectivity index (χ4v) is 0.929. The summed E-state index contributed by atoms with van der Waals surface area (Å²) in [7, 11) is 0. The Morgan fingerprint density at radius 1 is 1.50 bits per heavy atom. The van der Waals surface area contributed by atoms with Crippen molar-refractivity contribution < 1.29 is 13.2 Å². The van der Waals surface area contributed by atoms with Crippen molar-refractivity contribution in [1.29, 1.82) is 0 Å². The van der Waals surface area contributed by atoms with Crippen LogP contribution in [0.2, 0.25) is 0 Å². The van der Waals surface area contributed by atoms with Crippen LogP contribution in [0.25, 0.3) is 0 Å². The van der Waals surface area contributed by atoms with Gasteiger partial charge in [0.2, 0.25) is 0 Å². The Balaban J connectivity index is 3.28. The Bertz CT molecular complexity index is 276. The van der Waals surface area contributed by atoms with E-state index in [2.05, 4.69) is 4.98 Å². The van der Waals surface area contributed by atoms with E-state index in [1.165, 1.54) is 6.92 Å². The van der Waals surface area contributed by atoms with Gasteiger partial charge >= 0.3 is 0 Å². The molecule has 0 spiro atoms. The van der Waals surface area contributed by atoms with E-state index in [1.54, 1.807) is 0 Å². The number of hydrogen-bond acceptors (Lipinski definition) is 2. The lowest BCUT2D eigenvalue weighted by atomic mass is 10.2. The standard InChI is InChI=1S/C7H7F3N2/c1-3-6(7(9)10)4(8)2-5(11)12-3/h2,7H,1H3,(H2,11,12). The first kappa shape index (κ1) is 8.83. The molecule has 12 heavy (non-hydrogen) atoms. The van der Waals surface area contributed by atoms with Crippen LogP contribution >= 0.6 is 0 Å². The average Bonchev–Trinajstić information content (AvgIpc) is 1.82. The Morgan fingerprint density at radius 2 is 2.08 bits per heavy atom. The summed E-state index contributed by atoms with van der Waals surface area (Å²) in [6.07, 6.45) is -2.85. The van der Waals surface area contributed by atoms with E-state index in [0.717, 1.165) is 6.07 Å². The predicted molar refractivity (Wildman–Crippen MR) is 38.3 cm³/mol. The molecule has 0 bridgehead atoms. The lowest BCUT2D eigenvalue weighted by molar-refractivity contribution is 0.145. The van der Waals surface area contributed by atoms with Gasteiger partial charge in [0.25, 0.3) is 6.43 Å². The average molecular weight is 176 g/mol. The summed E-state index contributed by atoms with van der Waals surface area (Å²) in [4.78, 5) is 3.51. The molecule has 0 amide bonds. The molecule has 0 fully saturated rings. The minimum Gasteiger partial charge on any atom is -0.384 e. The normalized spacial score (nSPS) is 10.8. The molecule has 0 aromatic carbocycles. The van der Waals surface area contributed by atoms with Gasteiger partial charge in [0.1, 0.15) is 11.6 Å². The van der Waals surface area contributed by atoms with Crippen molar-refractivity contribution in [3.8, 4) is 0 Å². The molecule has 1 heterocycles. The number of hydrogen-bond donors (Lipinski definition) is 1. The molecule has 2 nitrogen and oxygen atoms in total. The second-order valence-electron chi connectivity index (χ2n) is 2.33. The van der Waals surface area contributed by atoms with Crippen LogP contribution in [0.15, 0.2) is 6.07 Å². The van der Waals surface area contributed by atoms with Crippen LogP contribution in [-0.4, -0.2) is 4.98 Å². The van der Waals surface area contributed by atoms with Gasteiger partial charge in [-0.15, -0.1) is 0 Å². The van der Waals surface area contributed by atoms with E-state index < -0.39 is 17.8 Å². The third-order valence-corrected chi connectivity index (χ3v) is 1.44. The fraction of sp³-hybridized carbons (Fsp3) is 0.286. The first-order valence-corrected chi connectivity index (χ1v) is 3.23. The molecule has 0 aliphatic rings. The SMILES string of the molecule is Cc1nc(N)cc(F)c1C(F)F. The van der Waals surface area contributed by atoms with Crippen LogP contribution in [0.5, 0.6) is 0 Å². The van der Waals surface area contributed by atoms with E-state index in [0.29, 0.717) is 0 Å². The van der Waals surface area contributed by atoms with Gasteiger partial charge < -0.3 is 5.73 Å². The molecule has 2 N–H and O–H groups in total. The third-order valence-electron chi connectivity index (χ3n) is 1.44. The van der Waals surface area contributed by atoms with Gasteiger partial charge in [-0.1, -0.05) is 0 Å². The highest BCUT2D eigenvalue weighted by atomic mass is 19.3. The molecule has 1 aromatic rings. The van der Waals surface area contributed by atoms with E-state index >= 15 is 0 Å². The molecular formula is C7H7F3N2. The summed E-state index contributed by atoms with van der Waals surface area (Å²) in [6, 6.07) is 0.786. The van der Waals surface area contributed by atoms with Crippen LogP contribution < -0.4 is 5.73 Å². The van der Waals surface area contributed by atoms with Gasteiger partial charge in [0.05, 0.1) is 11.3 Å². The maximum absolute atomic E-state index is 12.8. The molecule has 66 valence electrons. The summed E-state index contributed by atoms with van der Waals surface area (Å²) in [6.45, 7) is 1.29. The van der Waals surface area contributed by atoms with Gasteiger partial charge in [-0.2, -0.15) is 0 Å². The third kappa shape index (κ3) is 1.49. The van der Waals surface area contributed by atoms with Crippen molar-refractivity contribution in [3.63, 3.8) is 0 Å². The highest BCUT2D eigenvalue weighted by Crippen LogP contribution is 2.25. The minimum absolute atomic E-state index is 0.0671. The minimum atomic E-state index is -2.85. The first-order valence-electron chi connectivity index (χ1n) is 3.23. The van der Waals surface area contributed by atoms with Gasteiger partial charge in [-0.25, -0.2) is 18.2 Å². The van der Waals surface area contributed by atoms with Crippen molar-refractivity contribution in [2.24, 2.45) is 0 Å². The summed E-state index contributed by atoms with van der Waals surface area (Å²) >= 11 is 0. The summed E-state index contributed by atoms with van der Waals surface area (Å²) in [5.41, 5.74) is 4.39. The van der Waals surface area contributed by atoms with E-state index in [4.69, 9.17) is 5.73 Å². The van der Waals surface area contributed by atoms with Crippen molar-refractivity contribution in [1.82, 2.24) is 4.98 Å². The highest BCUT2D eigenvalue weighted by Gasteiger charge is 2.17. The molecule has 0 saturated carbocycles. The van der Waals surface area contributed by atoms with Crippen LogP contribution in [0.4, 0.5) is 19.0 Å². The Morgan fingerprint density at radius 3 is 2.50 bits per heavy atom. The van der Waals surface area contributed by atoms with Crippen LogP contribution in [-0.2, 0) is 0 Å². The summed E-state index contributed by atoms with van der Waals surface area (Å²) in [5.74, 6) is -1.09. The fourth-order valence-electron chi connectivity index (χ4n) is 0.929. The molecule has 0 aliphatic heterocycles. The molecule has 1 aromatic heterocycles. The molecule has 5 heteroatoms. The van der Waals surface area contributed by atoms with Crippen LogP contribution in [0, 0.1) is 12.7 Å². The van der Waals surface area contributed by atoms with Crippen molar-refractivity contribution >= 4 is 5.82 Å². The number of rotatable bonds is 1. The lowest BCUT2D eigenvalue weighted by Gasteiger charge is -2.05. The molecule has 0 unspecified atom stereocenters. The lowest BCUT2D eigenvalue weighted by Crippen LogP contribution is -2.01. The highest BCUT2D eigenvalue weighted by molar-refractivity contribution is 5.35. The molecular weight excluding hydrogens is 169 g/mol.